The predicted molar refractivity (Wildman–Crippen MR) is 76.2 cm³/mol. The number of rotatable bonds is 3. The number of anilines is 1. The second-order valence-electron chi connectivity index (χ2n) is 5.62. The van der Waals surface area contributed by atoms with E-state index < -0.39 is 5.60 Å². The van der Waals surface area contributed by atoms with Gasteiger partial charge >= 0.3 is 5.69 Å². The van der Waals surface area contributed by atoms with Gasteiger partial charge in [-0.05, 0) is 30.9 Å². The Morgan fingerprint density at radius 2 is 2.20 bits per heavy atom. The van der Waals surface area contributed by atoms with Crippen molar-refractivity contribution in [3.63, 3.8) is 0 Å². The third-order valence-electron chi connectivity index (χ3n) is 4.24. The lowest BCUT2D eigenvalue weighted by atomic mass is 9.88. The van der Waals surface area contributed by atoms with E-state index in [4.69, 9.17) is 0 Å². The molecule has 0 atom stereocenters. The highest BCUT2D eigenvalue weighted by molar-refractivity contribution is 7.16. The number of aromatic nitrogens is 1. The molecule has 0 amide bonds. The number of hydrogen-bond donors (Lipinski definition) is 1. The summed E-state index contributed by atoms with van der Waals surface area (Å²) in [6.07, 6.45) is 2.13. The first-order valence-corrected chi connectivity index (χ1v) is 7.44. The Morgan fingerprint density at radius 1 is 1.45 bits per heavy atom. The van der Waals surface area contributed by atoms with Crippen LogP contribution in [0, 0.1) is 16.0 Å². The average molecular weight is 291 g/mol. The normalized spacial score (nSPS) is 20.9. The van der Waals surface area contributed by atoms with Crippen LogP contribution in [0.4, 0.5) is 11.4 Å². The highest BCUT2D eigenvalue weighted by Gasteiger charge is 2.53. The maximum absolute atomic E-state index is 11.4. The van der Waals surface area contributed by atoms with E-state index in [1.165, 1.54) is 11.3 Å². The van der Waals surface area contributed by atoms with Crippen molar-refractivity contribution in [2.24, 2.45) is 5.92 Å². The molecule has 1 aromatic carbocycles. The molecule has 2 fully saturated rings. The van der Waals surface area contributed by atoms with Crippen LogP contribution in [0.15, 0.2) is 17.6 Å². The van der Waals surface area contributed by atoms with Gasteiger partial charge in [-0.15, -0.1) is 11.3 Å². The summed E-state index contributed by atoms with van der Waals surface area (Å²) in [5, 5.41) is 21.7. The largest absolute Gasteiger partial charge is 0.386 e. The van der Waals surface area contributed by atoms with Gasteiger partial charge < -0.3 is 10.0 Å². The highest BCUT2D eigenvalue weighted by Crippen LogP contribution is 2.48. The van der Waals surface area contributed by atoms with E-state index in [1.807, 2.05) is 11.0 Å². The second kappa shape index (κ2) is 3.89. The number of benzene rings is 1. The minimum absolute atomic E-state index is 0.0570. The molecule has 1 saturated heterocycles. The summed E-state index contributed by atoms with van der Waals surface area (Å²) in [5.74, 6) is 0.376. The summed E-state index contributed by atoms with van der Waals surface area (Å²) in [5.41, 5.74) is 2.04. The van der Waals surface area contributed by atoms with Crippen LogP contribution >= 0.6 is 11.3 Å². The Balaban J connectivity index is 1.73. The molecule has 1 aliphatic carbocycles. The van der Waals surface area contributed by atoms with Crippen molar-refractivity contribution in [3.05, 3.63) is 27.8 Å². The first kappa shape index (κ1) is 12.0. The zero-order valence-electron chi connectivity index (χ0n) is 10.7. The Morgan fingerprint density at radius 3 is 2.85 bits per heavy atom. The molecule has 1 saturated carbocycles. The summed E-state index contributed by atoms with van der Waals surface area (Å²) >= 11 is 1.40. The van der Waals surface area contributed by atoms with Gasteiger partial charge in [-0.2, -0.15) is 0 Å². The lowest BCUT2D eigenvalue weighted by Gasteiger charge is -2.48. The van der Waals surface area contributed by atoms with Gasteiger partial charge in [0.25, 0.3) is 0 Å². The van der Waals surface area contributed by atoms with Crippen LogP contribution < -0.4 is 4.90 Å². The first-order chi connectivity index (χ1) is 9.58. The van der Waals surface area contributed by atoms with Gasteiger partial charge in [-0.3, -0.25) is 10.1 Å². The number of fused-ring (bicyclic) bond motifs is 1. The molecule has 2 heterocycles. The van der Waals surface area contributed by atoms with Crippen molar-refractivity contribution in [2.75, 3.05) is 18.0 Å². The highest BCUT2D eigenvalue weighted by atomic mass is 32.1. The van der Waals surface area contributed by atoms with Crippen molar-refractivity contribution in [1.29, 1.82) is 0 Å². The summed E-state index contributed by atoms with van der Waals surface area (Å²) in [4.78, 5) is 17.0. The van der Waals surface area contributed by atoms with Gasteiger partial charge in [0, 0.05) is 13.1 Å². The Hall–Kier alpha value is -1.73. The summed E-state index contributed by atoms with van der Waals surface area (Å²) in [6, 6.07) is 3.63. The summed E-state index contributed by atoms with van der Waals surface area (Å²) < 4.78 is 0.818. The molecular formula is C13H13N3O3S. The summed E-state index contributed by atoms with van der Waals surface area (Å²) in [7, 11) is 0. The van der Waals surface area contributed by atoms with E-state index in [0.29, 0.717) is 30.2 Å². The van der Waals surface area contributed by atoms with Crippen LogP contribution in [0.2, 0.25) is 0 Å². The molecule has 0 unspecified atom stereocenters. The number of nitro benzene ring substituents is 1. The number of nitro groups is 1. The van der Waals surface area contributed by atoms with Gasteiger partial charge in [0.15, 0.2) is 5.52 Å². The molecule has 0 bridgehead atoms. The Labute approximate surface area is 118 Å². The van der Waals surface area contributed by atoms with Gasteiger partial charge in [-0.25, -0.2) is 4.98 Å². The number of β-amino-alcohol motifs (C(OH)–C–C–N with tert-alkyl or cyclic N) is 1. The van der Waals surface area contributed by atoms with E-state index >= 15 is 0 Å². The molecule has 7 heteroatoms. The van der Waals surface area contributed by atoms with E-state index in [1.54, 1.807) is 11.6 Å². The van der Waals surface area contributed by atoms with Crippen LogP contribution in [-0.2, 0) is 0 Å². The van der Waals surface area contributed by atoms with Gasteiger partial charge in [0.1, 0.15) is 11.3 Å². The number of aliphatic hydroxyl groups is 1. The number of hydrogen-bond acceptors (Lipinski definition) is 6. The maximum Gasteiger partial charge on any atom is 0.319 e. The molecule has 0 radical (unpaired) electrons. The molecule has 1 aromatic heterocycles. The summed E-state index contributed by atoms with van der Waals surface area (Å²) in [6.45, 7) is 0.961. The van der Waals surface area contributed by atoms with Crippen LogP contribution in [0.1, 0.15) is 12.8 Å². The van der Waals surface area contributed by atoms with Crippen molar-refractivity contribution in [2.45, 2.75) is 18.4 Å². The van der Waals surface area contributed by atoms with Crippen LogP contribution in [0.5, 0.6) is 0 Å². The number of nitrogens with zero attached hydrogens (tertiary/aromatic N) is 3. The van der Waals surface area contributed by atoms with Gasteiger partial charge in [0.2, 0.25) is 0 Å². The van der Waals surface area contributed by atoms with Gasteiger partial charge in [0.05, 0.1) is 15.1 Å². The van der Waals surface area contributed by atoms with Crippen molar-refractivity contribution in [1.82, 2.24) is 4.98 Å². The Kier molecular flexibility index (Phi) is 2.34. The molecule has 1 aliphatic heterocycles. The lowest BCUT2D eigenvalue weighted by Crippen LogP contribution is -2.63. The zero-order valence-corrected chi connectivity index (χ0v) is 11.5. The first-order valence-electron chi connectivity index (χ1n) is 6.56. The third-order valence-corrected chi connectivity index (χ3v) is 5.04. The average Bonchev–Trinajstić information content (AvgIpc) is 3.12. The fraction of sp³-hybridized carbons (Fsp3) is 0.462. The van der Waals surface area contributed by atoms with Crippen LogP contribution in [0.3, 0.4) is 0 Å². The molecular weight excluding hydrogens is 278 g/mol. The van der Waals surface area contributed by atoms with E-state index in [2.05, 4.69) is 4.98 Å². The number of thiazole rings is 1. The standard InChI is InChI=1S/C13H13N3O3S/c17-13(8-1-2-8)5-15(6-13)9-3-4-10-11(14-7-20-10)12(9)16(18)19/h3-4,7-8,17H,1-2,5-6H2. The lowest BCUT2D eigenvalue weighted by molar-refractivity contribution is -0.382. The molecule has 2 aromatic rings. The van der Waals surface area contributed by atoms with Crippen LogP contribution in [0.25, 0.3) is 10.2 Å². The van der Waals surface area contributed by atoms with Crippen LogP contribution in [-0.4, -0.2) is 33.7 Å². The fourth-order valence-electron chi connectivity index (χ4n) is 3.01. The van der Waals surface area contributed by atoms with Crippen molar-refractivity contribution >= 4 is 32.9 Å². The van der Waals surface area contributed by atoms with Gasteiger partial charge in [-0.1, -0.05) is 0 Å². The molecule has 4 rings (SSSR count). The second-order valence-corrected chi connectivity index (χ2v) is 6.51. The zero-order chi connectivity index (χ0) is 13.9. The van der Waals surface area contributed by atoms with E-state index in [9.17, 15) is 15.2 Å². The molecule has 0 spiro atoms. The molecule has 1 N–H and O–H groups in total. The maximum atomic E-state index is 11.4. The smallest absolute Gasteiger partial charge is 0.319 e. The molecule has 2 aliphatic rings. The minimum atomic E-state index is -0.648. The van der Waals surface area contributed by atoms with Crippen molar-refractivity contribution in [3.8, 4) is 0 Å². The topological polar surface area (TPSA) is 79.5 Å². The SMILES string of the molecule is O=[N+]([O-])c1c(N2CC(O)(C3CC3)C2)ccc2scnc12. The van der Waals surface area contributed by atoms with E-state index in [-0.39, 0.29) is 10.6 Å². The monoisotopic (exact) mass is 291 g/mol. The molecule has 20 heavy (non-hydrogen) atoms. The third kappa shape index (κ3) is 1.63. The Bertz CT molecular complexity index is 704. The quantitative estimate of drug-likeness (QED) is 0.692. The molecule has 6 nitrogen and oxygen atoms in total. The minimum Gasteiger partial charge on any atom is -0.386 e. The predicted octanol–water partition coefficient (Wildman–Crippen LogP) is 2.17. The van der Waals surface area contributed by atoms with E-state index in [0.717, 1.165) is 17.5 Å². The van der Waals surface area contributed by atoms with Crippen molar-refractivity contribution < 1.29 is 10.0 Å². The fourth-order valence-corrected chi connectivity index (χ4v) is 3.68. The molecule has 104 valence electrons.